The van der Waals surface area contributed by atoms with Gasteiger partial charge in [0.2, 0.25) is 4.96 Å². The van der Waals surface area contributed by atoms with Crippen LogP contribution in [0.15, 0.2) is 24.3 Å². The zero-order valence-corrected chi connectivity index (χ0v) is 13.5. The third-order valence-corrected chi connectivity index (χ3v) is 5.15. The zero-order chi connectivity index (χ0) is 15.1. The van der Waals surface area contributed by atoms with Crippen molar-refractivity contribution in [2.45, 2.75) is 31.8 Å². The van der Waals surface area contributed by atoms with Gasteiger partial charge in [0.05, 0.1) is 6.04 Å². The molecule has 2 aromatic heterocycles. The molecule has 1 aromatic carbocycles. The van der Waals surface area contributed by atoms with Crippen LogP contribution < -0.4 is 10.9 Å². The summed E-state index contributed by atoms with van der Waals surface area (Å²) < 4.78 is 1.83. The van der Waals surface area contributed by atoms with E-state index < -0.39 is 0 Å². The third kappa shape index (κ3) is 2.50. The SMILES string of the molecule is CC1CC(c2nn3c(Cc4ccccc4Cl)nnc3s2)NN1. The molecule has 0 spiro atoms. The molecule has 4 rings (SSSR count). The van der Waals surface area contributed by atoms with E-state index in [4.69, 9.17) is 11.6 Å². The van der Waals surface area contributed by atoms with Crippen LogP contribution in [0.2, 0.25) is 5.02 Å². The van der Waals surface area contributed by atoms with E-state index in [-0.39, 0.29) is 6.04 Å². The summed E-state index contributed by atoms with van der Waals surface area (Å²) in [5.74, 6) is 0.810. The first-order chi connectivity index (χ1) is 10.7. The highest BCUT2D eigenvalue weighted by Gasteiger charge is 2.26. The van der Waals surface area contributed by atoms with E-state index in [1.54, 1.807) is 11.3 Å². The second-order valence-corrected chi connectivity index (χ2v) is 6.89. The maximum atomic E-state index is 6.22. The Bertz CT molecular complexity index is 813. The molecule has 6 nitrogen and oxygen atoms in total. The van der Waals surface area contributed by atoms with Crippen molar-refractivity contribution in [3.8, 4) is 0 Å². The summed E-state index contributed by atoms with van der Waals surface area (Å²) in [4.78, 5) is 0.818. The molecule has 1 saturated heterocycles. The molecule has 114 valence electrons. The molecule has 0 radical (unpaired) electrons. The van der Waals surface area contributed by atoms with E-state index >= 15 is 0 Å². The molecule has 8 heteroatoms. The monoisotopic (exact) mass is 334 g/mol. The van der Waals surface area contributed by atoms with Crippen molar-refractivity contribution >= 4 is 27.9 Å². The van der Waals surface area contributed by atoms with Crippen molar-refractivity contribution in [1.29, 1.82) is 0 Å². The first-order valence-electron chi connectivity index (χ1n) is 7.16. The van der Waals surface area contributed by atoms with Gasteiger partial charge < -0.3 is 0 Å². The summed E-state index contributed by atoms with van der Waals surface area (Å²) in [7, 11) is 0. The molecule has 0 bridgehead atoms. The quantitative estimate of drug-likeness (QED) is 0.769. The minimum atomic E-state index is 0.231. The highest BCUT2D eigenvalue weighted by molar-refractivity contribution is 7.16. The van der Waals surface area contributed by atoms with Crippen LogP contribution in [0.5, 0.6) is 0 Å². The Morgan fingerprint density at radius 2 is 2.18 bits per heavy atom. The Balaban J connectivity index is 1.65. The lowest BCUT2D eigenvalue weighted by molar-refractivity contribution is 0.554. The highest BCUT2D eigenvalue weighted by Crippen LogP contribution is 2.27. The average molecular weight is 335 g/mol. The molecule has 2 unspecified atom stereocenters. The van der Waals surface area contributed by atoms with Crippen molar-refractivity contribution in [2.24, 2.45) is 0 Å². The largest absolute Gasteiger partial charge is 0.254 e. The number of hydrazine groups is 1. The summed E-state index contributed by atoms with van der Waals surface area (Å²) >= 11 is 7.80. The van der Waals surface area contributed by atoms with Gasteiger partial charge in [-0.25, -0.2) is 5.43 Å². The third-order valence-electron chi connectivity index (χ3n) is 3.77. The molecule has 22 heavy (non-hydrogen) atoms. The number of hydrogen-bond donors (Lipinski definition) is 2. The average Bonchev–Trinajstić information content (AvgIpc) is 3.18. The molecular weight excluding hydrogens is 320 g/mol. The van der Waals surface area contributed by atoms with Crippen molar-refractivity contribution < 1.29 is 0 Å². The van der Waals surface area contributed by atoms with Crippen LogP contribution in [-0.2, 0) is 6.42 Å². The van der Waals surface area contributed by atoms with Gasteiger partial charge >= 0.3 is 0 Å². The second-order valence-electron chi connectivity index (χ2n) is 5.50. The minimum absolute atomic E-state index is 0.231. The molecule has 1 aliphatic rings. The first kappa shape index (κ1) is 14.1. The number of hydrogen-bond acceptors (Lipinski definition) is 6. The van der Waals surface area contributed by atoms with Gasteiger partial charge in [-0.1, -0.05) is 41.1 Å². The summed E-state index contributed by atoms with van der Waals surface area (Å²) in [6.45, 7) is 2.15. The van der Waals surface area contributed by atoms with E-state index in [1.165, 1.54) is 0 Å². The molecule has 1 aliphatic heterocycles. The molecule has 0 amide bonds. The number of nitrogens with one attached hydrogen (secondary N) is 2. The van der Waals surface area contributed by atoms with E-state index in [1.807, 2.05) is 28.8 Å². The zero-order valence-electron chi connectivity index (χ0n) is 12.0. The van der Waals surface area contributed by atoms with E-state index in [0.717, 1.165) is 32.8 Å². The summed E-state index contributed by atoms with van der Waals surface area (Å²) in [6.07, 6.45) is 1.64. The Morgan fingerprint density at radius 3 is 2.95 bits per heavy atom. The standard InChI is InChI=1S/C14H15ClN6S/c1-8-6-11(17-16-8)13-20-21-12(18-19-14(21)22-13)7-9-4-2-3-5-10(9)15/h2-5,8,11,16-17H,6-7H2,1H3. The van der Waals surface area contributed by atoms with Gasteiger partial charge in [-0.3, -0.25) is 5.43 Å². The van der Waals surface area contributed by atoms with Crippen LogP contribution in [0.25, 0.3) is 4.96 Å². The second kappa shape index (κ2) is 5.58. The van der Waals surface area contributed by atoms with Crippen molar-refractivity contribution in [3.63, 3.8) is 0 Å². The van der Waals surface area contributed by atoms with Gasteiger partial charge in [-0.15, -0.1) is 10.2 Å². The van der Waals surface area contributed by atoms with E-state index in [0.29, 0.717) is 12.5 Å². The van der Waals surface area contributed by atoms with Gasteiger partial charge in [0.15, 0.2) is 5.82 Å². The Kier molecular flexibility index (Phi) is 3.57. The Hall–Kier alpha value is -1.54. The van der Waals surface area contributed by atoms with Crippen LogP contribution >= 0.6 is 22.9 Å². The number of benzene rings is 1. The van der Waals surface area contributed by atoms with Crippen LogP contribution in [0, 0.1) is 0 Å². The Labute approximate surface area is 136 Å². The lowest BCUT2D eigenvalue weighted by atomic mass is 10.1. The summed E-state index contributed by atoms with van der Waals surface area (Å²) in [6, 6.07) is 8.46. The van der Waals surface area contributed by atoms with E-state index in [9.17, 15) is 0 Å². The first-order valence-corrected chi connectivity index (χ1v) is 8.35. The lowest BCUT2D eigenvalue weighted by Crippen LogP contribution is -2.28. The molecule has 2 atom stereocenters. The molecule has 1 fully saturated rings. The van der Waals surface area contributed by atoms with Crippen LogP contribution in [0.4, 0.5) is 0 Å². The molecule has 2 N–H and O–H groups in total. The van der Waals surface area contributed by atoms with Gasteiger partial charge in [0, 0.05) is 17.5 Å². The maximum absolute atomic E-state index is 6.22. The molecule has 0 aliphatic carbocycles. The molecule has 3 aromatic rings. The number of rotatable bonds is 3. The molecular formula is C14H15ClN6S. The fourth-order valence-electron chi connectivity index (χ4n) is 2.61. The van der Waals surface area contributed by atoms with Crippen LogP contribution in [-0.4, -0.2) is 25.9 Å². The fraction of sp³-hybridized carbons (Fsp3) is 0.357. The summed E-state index contributed by atoms with van der Waals surface area (Å²) in [5, 5.41) is 14.9. The topological polar surface area (TPSA) is 67.1 Å². The van der Waals surface area contributed by atoms with Crippen LogP contribution in [0.3, 0.4) is 0 Å². The maximum Gasteiger partial charge on any atom is 0.234 e. The highest BCUT2D eigenvalue weighted by atomic mass is 35.5. The number of halogens is 1. The Morgan fingerprint density at radius 1 is 1.32 bits per heavy atom. The molecule has 3 heterocycles. The predicted octanol–water partition coefficient (Wildman–Crippen LogP) is 2.36. The van der Waals surface area contributed by atoms with Gasteiger partial charge in [-0.05, 0) is 25.0 Å². The smallest absolute Gasteiger partial charge is 0.234 e. The minimum Gasteiger partial charge on any atom is -0.254 e. The van der Waals surface area contributed by atoms with E-state index in [2.05, 4.69) is 33.1 Å². The van der Waals surface area contributed by atoms with Crippen molar-refractivity contribution in [1.82, 2.24) is 30.7 Å². The summed E-state index contributed by atoms with van der Waals surface area (Å²) in [5.41, 5.74) is 7.52. The van der Waals surface area contributed by atoms with Gasteiger partial charge in [0.1, 0.15) is 5.01 Å². The fourth-order valence-corrected chi connectivity index (χ4v) is 3.74. The van der Waals surface area contributed by atoms with Crippen molar-refractivity contribution in [2.75, 3.05) is 0 Å². The molecule has 0 saturated carbocycles. The van der Waals surface area contributed by atoms with Crippen LogP contribution in [0.1, 0.15) is 35.8 Å². The number of nitrogens with zero attached hydrogens (tertiary/aromatic N) is 4. The number of fused-ring (bicyclic) bond motifs is 1. The van der Waals surface area contributed by atoms with Gasteiger partial charge in [-0.2, -0.15) is 9.61 Å². The van der Waals surface area contributed by atoms with Gasteiger partial charge in [0.25, 0.3) is 0 Å². The normalized spacial score (nSPS) is 21.7. The number of aromatic nitrogens is 4. The lowest BCUT2D eigenvalue weighted by Gasteiger charge is -2.03. The van der Waals surface area contributed by atoms with Crippen molar-refractivity contribution in [3.05, 3.63) is 45.7 Å². The predicted molar refractivity (Wildman–Crippen MR) is 86.0 cm³/mol.